The zero-order chi connectivity index (χ0) is 23.1. The quantitative estimate of drug-likeness (QED) is 0.628. The number of hydrogen-bond donors (Lipinski definition) is 2. The molecular formula is C20H24F3N5O4. The number of nitrogens with zero attached hydrogens (tertiary/aromatic N) is 3. The lowest BCUT2D eigenvalue weighted by Gasteiger charge is -2.30. The zero-order valence-corrected chi connectivity index (χ0v) is 17.4. The van der Waals surface area contributed by atoms with Crippen LogP contribution in [0.5, 0.6) is 5.75 Å². The average Bonchev–Trinajstić information content (AvgIpc) is 3.18. The Bertz CT molecular complexity index is 926. The average molecular weight is 455 g/mol. The van der Waals surface area contributed by atoms with Gasteiger partial charge in [-0.05, 0) is 38.1 Å². The molecule has 2 heterocycles. The summed E-state index contributed by atoms with van der Waals surface area (Å²) in [4.78, 5) is 30.3. The minimum absolute atomic E-state index is 0.0804. The Morgan fingerprint density at radius 3 is 2.66 bits per heavy atom. The highest BCUT2D eigenvalue weighted by Crippen LogP contribution is 2.23. The highest BCUT2D eigenvalue weighted by Gasteiger charge is 2.31. The lowest BCUT2D eigenvalue weighted by atomic mass is 9.96. The minimum Gasteiger partial charge on any atom is -0.495 e. The number of amides is 2. The predicted octanol–water partition coefficient (Wildman–Crippen LogP) is 2.15. The number of anilines is 1. The molecule has 1 aromatic carbocycles. The number of nitrogens with one attached hydrogen (secondary N) is 2. The summed E-state index contributed by atoms with van der Waals surface area (Å²) in [7, 11) is 1.51. The van der Waals surface area contributed by atoms with Gasteiger partial charge in [-0.2, -0.15) is 18.2 Å². The number of aromatic nitrogens is 2. The van der Waals surface area contributed by atoms with Gasteiger partial charge in [0.25, 0.3) is 0 Å². The van der Waals surface area contributed by atoms with Crippen LogP contribution in [0.1, 0.15) is 24.6 Å². The van der Waals surface area contributed by atoms with Crippen LogP contribution in [0.2, 0.25) is 0 Å². The van der Waals surface area contributed by atoms with Crippen molar-refractivity contribution in [3.05, 3.63) is 36.0 Å². The van der Waals surface area contributed by atoms with Gasteiger partial charge in [0.2, 0.25) is 17.7 Å². The Morgan fingerprint density at radius 1 is 1.25 bits per heavy atom. The minimum atomic E-state index is -4.42. The van der Waals surface area contributed by atoms with Gasteiger partial charge in [-0.15, -0.1) is 0 Å². The van der Waals surface area contributed by atoms with Gasteiger partial charge in [0.15, 0.2) is 5.82 Å². The molecule has 174 valence electrons. The van der Waals surface area contributed by atoms with Crippen LogP contribution in [0.3, 0.4) is 0 Å². The van der Waals surface area contributed by atoms with Crippen LogP contribution in [-0.2, 0) is 22.6 Å². The number of benzene rings is 1. The largest absolute Gasteiger partial charge is 0.495 e. The third-order valence-corrected chi connectivity index (χ3v) is 4.99. The molecule has 2 amide bonds. The number of rotatable bonds is 8. The topological polar surface area (TPSA) is 110 Å². The van der Waals surface area contributed by atoms with Crippen LogP contribution in [-0.4, -0.2) is 59.8 Å². The van der Waals surface area contributed by atoms with Crippen LogP contribution in [0, 0.1) is 5.92 Å². The number of alkyl halides is 3. The summed E-state index contributed by atoms with van der Waals surface area (Å²) >= 11 is 0. The first kappa shape index (κ1) is 23.5. The summed E-state index contributed by atoms with van der Waals surface area (Å²) in [5.41, 5.74) is 0.533. The molecule has 0 aliphatic carbocycles. The van der Waals surface area contributed by atoms with Crippen molar-refractivity contribution >= 4 is 17.5 Å². The summed E-state index contributed by atoms with van der Waals surface area (Å²) in [6.45, 7) is 0.0334. The van der Waals surface area contributed by atoms with Crippen molar-refractivity contribution in [2.75, 3.05) is 32.1 Å². The number of methoxy groups -OCH3 is 1. The number of para-hydroxylation sites is 2. The SMILES string of the molecule is COc1ccccc1NC(=O)Cc1noc(CN2CCC(C(=O)NCC(F)(F)F)CC2)n1. The number of halogens is 3. The van der Waals surface area contributed by atoms with E-state index in [4.69, 9.17) is 9.26 Å². The van der Waals surface area contributed by atoms with Crippen molar-refractivity contribution in [1.82, 2.24) is 20.4 Å². The second-order valence-electron chi connectivity index (χ2n) is 7.41. The molecule has 0 atom stereocenters. The van der Waals surface area contributed by atoms with Crippen LogP contribution in [0.25, 0.3) is 0 Å². The van der Waals surface area contributed by atoms with Crippen LogP contribution < -0.4 is 15.4 Å². The first-order valence-electron chi connectivity index (χ1n) is 10.0. The van der Waals surface area contributed by atoms with E-state index in [-0.39, 0.29) is 18.2 Å². The fraction of sp³-hybridized carbons (Fsp3) is 0.500. The van der Waals surface area contributed by atoms with Gasteiger partial charge in [-0.3, -0.25) is 14.5 Å². The molecule has 12 heteroatoms. The predicted molar refractivity (Wildman–Crippen MR) is 107 cm³/mol. The fourth-order valence-electron chi connectivity index (χ4n) is 3.39. The Balaban J connectivity index is 1.44. The number of piperidine rings is 1. The maximum Gasteiger partial charge on any atom is 0.405 e. The Labute approximate surface area is 182 Å². The molecule has 1 saturated heterocycles. The summed E-state index contributed by atoms with van der Waals surface area (Å²) in [6, 6.07) is 7.00. The van der Waals surface area contributed by atoms with Gasteiger partial charge in [0.05, 0.1) is 25.8 Å². The van der Waals surface area contributed by atoms with Crippen LogP contribution in [0.4, 0.5) is 18.9 Å². The summed E-state index contributed by atoms with van der Waals surface area (Å²) in [5, 5.41) is 8.49. The second-order valence-corrected chi connectivity index (χ2v) is 7.41. The molecule has 0 spiro atoms. The first-order chi connectivity index (χ1) is 15.2. The van der Waals surface area contributed by atoms with Crippen molar-refractivity contribution in [2.24, 2.45) is 5.92 Å². The smallest absolute Gasteiger partial charge is 0.405 e. The van der Waals surface area contributed by atoms with E-state index in [1.54, 1.807) is 24.3 Å². The monoisotopic (exact) mass is 455 g/mol. The van der Waals surface area contributed by atoms with Crippen molar-refractivity contribution in [1.29, 1.82) is 0 Å². The summed E-state index contributed by atoms with van der Waals surface area (Å²) in [5.74, 6) is -0.273. The molecule has 9 nitrogen and oxygen atoms in total. The lowest BCUT2D eigenvalue weighted by Crippen LogP contribution is -2.42. The second kappa shape index (κ2) is 10.4. The van der Waals surface area contributed by atoms with Gasteiger partial charge < -0.3 is 19.9 Å². The summed E-state index contributed by atoms with van der Waals surface area (Å²) in [6.07, 6.45) is -3.63. The normalized spacial score (nSPS) is 15.4. The van der Waals surface area contributed by atoms with Crippen molar-refractivity contribution in [3.8, 4) is 5.75 Å². The molecule has 1 aliphatic heterocycles. The van der Waals surface area contributed by atoms with Gasteiger partial charge in [0, 0.05) is 5.92 Å². The van der Waals surface area contributed by atoms with Crippen molar-refractivity contribution in [2.45, 2.75) is 32.0 Å². The van der Waals surface area contributed by atoms with E-state index in [2.05, 4.69) is 15.5 Å². The molecule has 1 aromatic heterocycles. The molecule has 0 bridgehead atoms. The van der Waals surface area contributed by atoms with Gasteiger partial charge in [-0.25, -0.2) is 0 Å². The van der Waals surface area contributed by atoms with Crippen molar-refractivity contribution in [3.63, 3.8) is 0 Å². The highest BCUT2D eigenvalue weighted by atomic mass is 19.4. The van der Waals surface area contributed by atoms with E-state index in [0.29, 0.717) is 49.8 Å². The number of hydrogen-bond acceptors (Lipinski definition) is 7. The lowest BCUT2D eigenvalue weighted by molar-refractivity contribution is -0.141. The Morgan fingerprint density at radius 2 is 1.97 bits per heavy atom. The van der Waals surface area contributed by atoms with Gasteiger partial charge >= 0.3 is 6.18 Å². The molecule has 2 aromatic rings. The molecular weight excluding hydrogens is 431 g/mol. The number of carbonyl (C=O) groups excluding carboxylic acids is 2. The third kappa shape index (κ3) is 6.94. The van der Waals surface area contributed by atoms with Crippen LogP contribution in [0.15, 0.2) is 28.8 Å². The Hall–Kier alpha value is -3.15. The first-order valence-corrected chi connectivity index (χ1v) is 10.0. The summed E-state index contributed by atoms with van der Waals surface area (Å²) < 4.78 is 47.1. The molecule has 32 heavy (non-hydrogen) atoms. The van der Waals surface area contributed by atoms with Gasteiger partial charge in [-0.1, -0.05) is 17.3 Å². The highest BCUT2D eigenvalue weighted by molar-refractivity contribution is 5.93. The maximum absolute atomic E-state index is 12.3. The van der Waals surface area contributed by atoms with E-state index in [0.717, 1.165) is 0 Å². The molecule has 3 rings (SSSR count). The van der Waals surface area contributed by atoms with Gasteiger partial charge in [0.1, 0.15) is 12.3 Å². The standard InChI is InChI=1S/C20H24F3N5O4/c1-31-15-5-3-2-4-14(15)25-17(29)10-16-26-18(32-27-16)11-28-8-6-13(7-9-28)19(30)24-12-20(21,22)23/h2-5,13H,6-12H2,1H3,(H,24,30)(H,25,29). The number of ether oxygens (including phenoxy) is 1. The molecule has 1 fully saturated rings. The third-order valence-electron chi connectivity index (χ3n) is 4.99. The number of carbonyl (C=O) groups is 2. The van der Waals surface area contributed by atoms with Crippen molar-refractivity contribution < 1.29 is 32.0 Å². The molecule has 1 aliphatic rings. The molecule has 0 unspecified atom stereocenters. The van der Waals surface area contributed by atoms with E-state index in [9.17, 15) is 22.8 Å². The fourth-order valence-corrected chi connectivity index (χ4v) is 3.39. The van der Waals surface area contributed by atoms with E-state index in [1.807, 2.05) is 10.2 Å². The number of likely N-dealkylation sites (tertiary alicyclic amines) is 1. The Kier molecular flexibility index (Phi) is 7.67. The molecule has 2 N–H and O–H groups in total. The zero-order valence-electron chi connectivity index (χ0n) is 17.4. The van der Waals surface area contributed by atoms with Crippen LogP contribution >= 0.6 is 0 Å². The van der Waals surface area contributed by atoms with E-state index in [1.165, 1.54) is 7.11 Å². The maximum atomic E-state index is 12.3. The molecule has 0 radical (unpaired) electrons. The van der Waals surface area contributed by atoms with E-state index >= 15 is 0 Å². The van der Waals surface area contributed by atoms with E-state index < -0.39 is 24.5 Å². The molecule has 0 saturated carbocycles.